The number of carbonyl (C=O) groups is 1. The Morgan fingerprint density at radius 2 is 2.05 bits per heavy atom. The third kappa shape index (κ3) is 2.48. The van der Waals surface area contributed by atoms with E-state index in [4.69, 9.17) is 0 Å². The van der Waals surface area contributed by atoms with Crippen LogP contribution in [-0.4, -0.2) is 11.8 Å². The van der Waals surface area contributed by atoms with Crippen molar-refractivity contribution in [3.05, 3.63) is 63.9 Å². The molecule has 0 fully saturated rings. The van der Waals surface area contributed by atoms with Crippen LogP contribution in [0.2, 0.25) is 0 Å². The molecule has 0 saturated heterocycles. The predicted octanol–water partition coefficient (Wildman–Crippen LogP) is 3.74. The summed E-state index contributed by atoms with van der Waals surface area (Å²) in [5, 5.41) is 3.23. The van der Waals surface area contributed by atoms with Crippen molar-refractivity contribution in [3.63, 3.8) is 0 Å². The Bertz CT molecular complexity index is 646. The molecule has 3 rings (SSSR count). The van der Waals surface area contributed by atoms with Gasteiger partial charge >= 0.3 is 0 Å². The van der Waals surface area contributed by atoms with Gasteiger partial charge in [-0.2, -0.15) is 0 Å². The number of rotatable bonds is 3. The molecule has 4 heteroatoms. The summed E-state index contributed by atoms with van der Waals surface area (Å²) >= 11 is 3.20. The molecule has 1 aliphatic heterocycles. The van der Waals surface area contributed by atoms with Crippen LogP contribution < -0.4 is 5.32 Å². The molecule has 0 aromatic heterocycles. The van der Waals surface area contributed by atoms with Crippen molar-refractivity contribution in [2.24, 2.45) is 0 Å². The van der Waals surface area contributed by atoms with E-state index in [1.807, 2.05) is 24.3 Å². The second-order valence-electron chi connectivity index (χ2n) is 4.91. The normalized spacial score (nSPS) is 16.6. The molecule has 1 heterocycles. The molecular formula is C16H13BrFNO. The Kier molecular flexibility index (Phi) is 3.57. The van der Waals surface area contributed by atoms with Gasteiger partial charge in [0.15, 0.2) is 5.78 Å². The largest absolute Gasteiger partial charge is 0.375 e. The van der Waals surface area contributed by atoms with Gasteiger partial charge < -0.3 is 5.32 Å². The Labute approximate surface area is 125 Å². The average molecular weight is 334 g/mol. The number of nitrogens with one attached hydrogen (secondary N) is 1. The molecule has 0 spiro atoms. The molecule has 1 atom stereocenters. The number of para-hydroxylation sites is 1. The van der Waals surface area contributed by atoms with Gasteiger partial charge in [-0.05, 0) is 39.2 Å². The van der Waals surface area contributed by atoms with E-state index in [2.05, 4.69) is 21.2 Å². The van der Waals surface area contributed by atoms with Gasteiger partial charge in [-0.15, -0.1) is 0 Å². The number of hydrogen-bond acceptors (Lipinski definition) is 2. The van der Waals surface area contributed by atoms with Crippen LogP contribution in [0, 0.1) is 5.82 Å². The monoisotopic (exact) mass is 333 g/mol. The highest BCUT2D eigenvalue weighted by atomic mass is 79.9. The van der Waals surface area contributed by atoms with E-state index in [1.165, 1.54) is 6.07 Å². The van der Waals surface area contributed by atoms with Crippen LogP contribution in [-0.2, 0) is 17.6 Å². The Morgan fingerprint density at radius 3 is 2.85 bits per heavy atom. The molecule has 1 N–H and O–H groups in total. The third-order valence-electron chi connectivity index (χ3n) is 3.56. The van der Waals surface area contributed by atoms with Gasteiger partial charge in [0, 0.05) is 18.5 Å². The summed E-state index contributed by atoms with van der Waals surface area (Å²) in [5.41, 5.74) is 2.86. The predicted molar refractivity (Wildman–Crippen MR) is 80.4 cm³/mol. The number of fused-ring (bicyclic) bond motifs is 1. The maximum atomic E-state index is 13.4. The minimum atomic E-state index is -0.335. The molecule has 1 aliphatic rings. The highest BCUT2D eigenvalue weighted by Crippen LogP contribution is 2.27. The molecule has 102 valence electrons. The van der Waals surface area contributed by atoms with Gasteiger partial charge in [-0.25, -0.2) is 4.39 Å². The van der Waals surface area contributed by atoms with Crippen LogP contribution >= 0.6 is 15.9 Å². The van der Waals surface area contributed by atoms with Gasteiger partial charge in [0.1, 0.15) is 5.82 Å². The van der Waals surface area contributed by atoms with Gasteiger partial charge in [0.05, 0.1) is 10.5 Å². The lowest BCUT2D eigenvalue weighted by Gasteiger charge is -2.11. The van der Waals surface area contributed by atoms with Crippen molar-refractivity contribution >= 4 is 27.4 Å². The minimum Gasteiger partial charge on any atom is -0.375 e. The van der Waals surface area contributed by atoms with E-state index in [0.29, 0.717) is 16.5 Å². The number of ketones is 1. The van der Waals surface area contributed by atoms with Gasteiger partial charge in [-0.3, -0.25) is 4.79 Å². The van der Waals surface area contributed by atoms with Gasteiger partial charge in [0.25, 0.3) is 0 Å². The number of hydrogen-bond donors (Lipinski definition) is 1. The van der Waals surface area contributed by atoms with E-state index in [0.717, 1.165) is 11.3 Å². The Morgan fingerprint density at radius 1 is 1.25 bits per heavy atom. The zero-order valence-corrected chi connectivity index (χ0v) is 12.3. The summed E-state index contributed by atoms with van der Waals surface area (Å²) in [6, 6.07) is 12.5. The highest BCUT2D eigenvalue weighted by molar-refractivity contribution is 9.10. The molecule has 0 amide bonds. The van der Waals surface area contributed by atoms with E-state index < -0.39 is 0 Å². The standard InChI is InChI=1S/C16H13BrFNO/c17-16-11(5-3-6-12(16)18)9-15(20)14-8-10-4-1-2-7-13(10)19-14/h1-7,14,19H,8-9H2. The van der Waals surface area contributed by atoms with Crippen molar-refractivity contribution in [2.45, 2.75) is 18.9 Å². The first-order chi connectivity index (χ1) is 9.65. The average Bonchev–Trinajstić information content (AvgIpc) is 2.88. The summed E-state index contributed by atoms with van der Waals surface area (Å²) in [7, 11) is 0. The van der Waals surface area contributed by atoms with Gasteiger partial charge in [-0.1, -0.05) is 30.3 Å². The molecule has 2 aromatic rings. The fourth-order valence-corrected chi connectivity index (χ4v) is 2.89. The van der Waals surface area contributed by atoms with Gasteiger partial charge in [0.2, 0.25) is 0 Å². The van der Waals surface area contributed by atoms with E-state index in [1.54, 1.807) is 12.1 Å². The summed E-state index contributed by atoms with van der Waals surface area (Å²) in [4.78, 5) is 12.3. The maximum Gasteiger partial charge on any atom is 0.159 e. The van der Waals surface area contributed by atoms with E-state index in [-0.39, 0.29) is 24.1 Å². The number of carbonyl (C=O) groups excluding carboxylic acids is 1. The van der Waals surface area contributed by atoms with Crippen molar-refractivity contribution in [2.75, 3.05) is 5.32 Å². The Hall–Kier alpha value is -1.68. The zero-order valence-electron chi connectivity index (χ0n) is 10.7. The molecule has 0 bridgehead atoms. The molecule has 2 nitrogen and oxygen atoms in total. The van der Waals surface area contributed by atoms with Crippen molar-refractivity contribution in [3.8, 4) is 0 Å². The molecule has 0 saturated carbocycles. The Balaban J connectivity index is 1.74. The summed E-state index contributed by atoms with van der Waals surface area (Å²) in [5.74, 6) is -0.259. The number of halogens is 2. The van der Waals surface area contributed by atoms with Crippen LogP contribution in [0.15, 0.2) is 46.9 Å². The van der Waals surface area contributed by atoms with Crippen molar-refractivity contribution < 1.29 is 9.18 Å². The number of Topliss-reactive ketones (excluding diaryl/α,β-unsaturated/α-hetero) is 1. The molecule has 0 radical (unpaired) electrons. The molecular weight excluding hydrogens is 321 g/mol. The first-order valence-corrected chi connectivity index (χ1v) is 7.24. The maximum absolute atomic E-state index is 13.4. The minimum absolute atomic E-state index is 0.0764. The van der Waals surface area contributed by atoms with Crippen LogP contribution in [0.1, 0.15) is 11.1 Å². The fraction of sp³-hybridized carbons (Fsp3) is 0.188. The molecule has 2 aromatic carbocycles. The molecule has 1 unspecified atom stereocenters. The summed E-state index contributed by atoms with van der Waals surface area (Å²) < 4.78 is 13.8. The first kappa shape index (κ1) is 13.3. The van der Waals surface area contributed by atoms with Crippen LogP contribution in [0.4, 0.5) is 10.1 Å². The lowest BCUT2D eigenvalue weighted by molar-refractivity contribution is -0.119. The van der Waals surface area contributed by atoms with Crippen LogP contribution in [0.25, 0.3) is 0 Å². The first-order valence-electron chi connectivity index (χ1n) is 6.45. The highest BCUT2D eigenvalue weighted by Gasteiger charge is 2.26. The number of benzene rings is 2. The van der Waals surface area contributed by atoms with E-state index >= 15 is 0 Å². The van der Waals surface area contributed by atoms with E-state index in [9.17, 15) is 9.18 Å². The smallest absolute Gasteiger partial charge is 0.159 e. The second-order valence-corrected chi connectivity index (χ2v) is 5.71. The van der Waals surface area contributed by atoms with Crippen LogP contribution in [0.3, 0.4) is 0 Å². The lowest BCUT2D eigenvalue weighted by atomic mass is 10.0. The zero-order chi connectivity index (χ0) is 14.1. The summed E-state index contributed by atoms with van der Waals surface area (Å²) in [6.45, 7) is 0. The summed E-state index contributed by atoms with van der Waals surface area (Å²) in [6.07, 6.45) is 0.923. The third-order valence-corrected chi connectivity index (χ3v) is 4.44. The second kappa shape index (κ2) is 5.37. The van der Waals surface area contributed by atoms with Crippen LogP contribution in [0.5, 0.6) is 0 Å². The SMILES string of the molecule is O=C(Cc1cccc(F)c1Br)C1Cc2ccccc2N1. The van der Waals surface area contributed by atoms with Crippen molar-refractivity contribution in [1.29, 1.82) is 0 Å². The van der Waals surface area contributed by atoms with Crippen molar-refractivity contribution in [1.82, 2.24) is 0 Å². The quantitative estimate of drug-likeness (QED) is 0.927. The number of anilines is 1. The fourth-order valence-electron chi connectivity index (χ4n) is 2.49. The topological polar surface area (TPSA) is 29.1 Å². The lowest BCUT2D eigenvalue weighted by Crippen LogP contribution is -2.28. The molecule has 20 heavy (non-hydrogen) atoms. The molecule has 0 aliphatic carbocycles.